The minimum atomic E-state index is -0.892. The highest BCUT2D eigenvalue weighted by atomic mass is 16.5. The van der Waals surface area contributed by atoms with E-state index < -0.39 is 11.6 Å². The Morgan fingerprint density at radius 2 is 2.00 bits per heavy atom. The maximum atomic E-state index is 11.9. The van der Waals surface area contributed by atoms with Crippen molar-refractivity contribution in [3.8, 4) is 0 Å². The zero-order valence-corrected chi connectivity index (χ0v) is 12.1. The van der Waals surface area contributed by atoms with Crippen molar-refractivity contribution in [2.75, 3.05) is 33.4 Å². The van der Waals surface area contributed by atoms with Crippen molar-refractivity contribution in [3.63, 3.8) is 0 Å². The lowest BCUT2D eigenvalue weighted by molar-refractivity contribution is -0.137. The van der Waals surface area contributed by atoms with Gasteiger partial charge in [-0.15, -0.1) is 0 Å². The third-order valence-corrected chi connectivity index (χ3v) is 3.43. The molecule has 20 heavy (non-hydrogen) atoms. The molecular formula is C13H24N2O5. The molecule has 1 heterocycles. The Labute approximate surface area is 118 Å². The number of amides is 2. The van der Waals surface area contributed by atoms with Gasteiger partial charge in [0.25, 0.3) is 0 Å². The Morgan fingerprint density at radius 3 is 2.55 bits per heavy atom. The second-order valence-electron chi connectivity index (χ2n) is 5.58. The molecule has 0 aromatic rings. The average Bonchev–Trinajstić information content (AvgIpc) is 2.35. The van der Waals surface area contributed by atoms with E-state index in [0.29, 0.717) is 32.6 Å². The van der Waals surface area contributed by atoms with Gasteiger partial charge in [-0.2, -0.15) is 0 Å². The number of nitrogens with one attached hydrogen (secondary N) is 1. The third kappa shape index (κ3) is 5.75. The highest BCUT2D eigenvalue weighted by Crippen LogP contribution is 2.21. The average molecular weight is 288 g/mol. The van der Waals surface area contributed by atoms with E-state index in [1.165, 1.54) is 4.90 Å². The van der Waals surface area contributed by atoms with Crippen LogP contribution in [-0.4, -0.2) is 66.1 Å². The monoisotopic (exact) mass is 288 g/mol. The first-order valence-electron chi connectivity index (χ1n) is 6.83. The Bertz CT molecular complexity index is 342. The predicted molar refractivity (Wildman–Crippen MR) is 72.4 cm³/mol. The van der Waals surface area contributed by atoms with E-state index in [9.17, 15) is 14.7 Å². The fourth-order valence-corrected chi connectivity index (χ4v) is 2.19. The van der Waals surface area contributed by atoms with Gasteiger partial charge in [0.15, 0.2) is 0 Å². The van der Waals surface area contributed by atoms with Crippen LogP contribution in [0.1, 0.15) is 26.2 Å². The Hall–Kier alpha value is -1.34. The Kier molecular flexibility index (Phi) is 6.22. The van der Waals surface area contributed by atoms with E-state index in [-0.39, 0.29) is 24.9 Å². The maximum absolute atomic E-state index is 11.9. The van der Waals surface area contributed by atoms with Gasteiger partial charge in [-0.1, -0.05) is 6.92 Å². The molecule has 1 saturated heterocycles. The van der Waals surface area contributed by atoms with Gasteiger partial charge in [-0.05, 0) is 5.92 Å². The van der Waals surface area contributed by atoms with Crippen LogP contribution in [0.3, 0.4) is 0 Å². The van der Waals surface area contributed by atoms with Gasteiger partial charge < -0.3 is 25.2 Å². The Morgan fingerprint density at radius 1 is 1.40 bits per heavy atom. The van der Waals surface area contributed by atoms with Gasteiger partial charge in [0.1, 0.15) is 0 Å². The van der Waals surface area contributed by atoms with Gasteiger partial charge in [0.2, 0.25) is 0 Å². The molecular weight excluding hydrogens is 264 g/mol. The van der Waals surface area contributed by atoms with Gasteiger partial charge in [0.05, 0.1) is 12.1 Å². The van der Waals surface area contributed by atoms with Crippen LogP contribution in [0.15, 0.2) is 0 Å². The molecule has 0 aromatic heterocycles. The van der Waals surface area contributed by atoms with E-state index in [0.717, 1.165) is 0 Å². The van der Waals surface area contributed by atoms with Crippen LogP contribution in [-0.2, 0) is 9.53 Å². The van der Waals surface area contributed by atoms with E-state index in [4.69, 9.17) is 9.84 Å². The quantitative estimate of drug-likeness (QED) is 0.652. The highest BCUT2D eigenvalue weighted by Gasteiger charge is 2.32. The summed E-state index contributed by atoms with van der Waals surface area (Å²) in [5.41, 5.74) is -0.892. The fraction of sp³-hybridized carbons (Fsp3) is 0.846. The molecule has 0 saturated carbocycles. The van der Waals surface area contributed by atoms with Crippen LogP contribution < -0.4 is 5.32 Å². The second-order valence-corrected chi connectivity index (χ2v) is 5.58. The summed E-state index contributed by atoms with van der Waals surface area (Å²) < 4.78 is 5.19. The number of hydrogen-bond acceptors (Lipinski definition) is 4. The first-order chi connectivity index (χ1) is 9.32. The van der Waals surface area contributed by atoms with E-state index in [2.05, 4.69) is 5.32 Å². The van der Waals surface area contributed by atoms with Gasteiger partial charge >= 0.3 is 12.0 Å². The minimum Gasteiger partial charge on any atom is -0.481 e. The molecule has 2 amide bonds. The SMILES string of the molecule is CC(CNC(=O)N(C)CC1(O)CCOCC1)CC(=O)O. The second kappa shape index (κ2) is 7.44. The topological polar surface area (TPSA) is 99.1 Å². The zero-order valence-electron chi connectivity index (χ0n) is 12.1. The molecule has 7 nitrogen and oxygen atoms in total. The van der Waals surface area contributed by atoms with Crippen molar-refractivity contribution in [3.05, 3.63) is 0 Å². The summed E-state index contributed by atoms with van der Waals surface area (Å²) in [6.07, 6.45) is 1.05. The first kappa shape index (κ1) is 16.7. The third-order valence-electron chi connectivity index (χ3n) is 3.43. The summed E-state index contributed by atoms with van der Waals surface area (Å²) in [7, 11) is 1.62. The number of aliphatic carboxylic acids is 1. The lowest BCUT2D eigenvalue weighted by Gasteiger charge is -2.35. The van der Waals surface area contributed by atoms with E-state index >= 15 is 0 Å². The molecule has 3 N–H and O–H groups in total. The van der Waals surface area contributed by atoms with Gasteiger partial charge in [0, 0.05) is 46.1 Å². The van der Waals surface area contributed by atoms with Gasteiger partial charge in [-0.3, -0.25) is 4.79 Å². The molecule has 116 valence electrons. The number of carboxylic acid groups (broad SMARTS) is 1. The number of rotatable bonds is 6. The summed E-state index contributed by atoms with van der Waals surface area (Å²) >= 11 is 0. The van der Waals surface area contributed by atoms with Crippen molar-refractivity contribution in [1.29, 1.82) is 0 Å². The molecule has 1 aliphatic rings. The highest BCUT2D eigenvalue weighted by molar-refractivity contribution is 5.74. The number of hydrogen-bond donors (Lipinski definition) is 3. The van der Waals surface area contributed by atoms with Crippen molar-refractivity contribution in [2.24, 2.45) is 5.92 Å². The summed E-state index contributed by atoms with van der Waals surface area (Å²) in [6, 6.07) is -0.304. The fourth-order valence-electron chi connectivity index (χ4n) is 2.19. The zero-order chi connectivity index (χ0) is 15.2. The molecule has 1 atom stereocenters. The number of aliphatic hydroxyl groups is 1. The van der Waals surface area contributed by atoms with Crippen molar-refractivity contribution in [2.45, 2.75) is 31.8 Å². The number of likely N-dealkylation sites (N-methyl/N-ethyl adjacent to an activating group) is 1. The van der Waals surface area contributed by atoms with Crippen LogP contribution >= 0.6 is 0 Å². The molecule has 0 bridgehead atoms. The Balaban J connectivity index is 2.33. The van der Waals surface area contributed by atoms with Crippen LogP contribution in [0.4, 0.5) is 4.79 Å². The van der Waals surface area contributed by atoms with Crippen LogP contribution in [0, 0.1) is 5.92 Å². The molecule has 0 aromatic carbocycles. The van der Waals surface area contributed by atoms with Crippen LogP contribution in [0.25, 0.3) is 0 Å². The number of nitrogens with zero attached hydrogens (tertiary/aromatic N) is 1. The molecule has 0 spiro atoms. The standard InChI is InChI=1S/C13H24N2O5/c1-10(7-11(16)17)8-14-12(18)15(2)9-13(19)3-5-20-6-4-13/h10,19H,3-9H2,1-2H3,(H,14,18)(H,16,17). The summed E-state index contributed by atoms with van der Waals surface area (Å²) in [6.45, 7) is 3.32. The summed E-state index contributed by atoms with van der Waals surface area (Å²) in [5.74, 6) is -1.01. The van der Waals surface area contributed by atoms with E-state index in [1.54, 1.807) is 14.0 Å². The van der Waals surface area contributed by atoms with Crippen LogP contribution in [0.5, 0.6) is 0 Å². The van der Waals surface area contributed by atoms with Crippen molar-refractivity contribution in [1.82, 2.24) is 10.2 Å². The molecule has 0 aliphatic carbocycles. The summed E-state index contributed by atoms with van der Waals surface area (Å²) in [4.78, 5) is 23.8. The lowest BCUT2D eigenvalue weighted by Crippen LogP contribution is -2.50. The minimum absolute atomic E-state index is 0.0191. The van der Waals surface area contributed by atoms with Gasteiger partial charge in [-0.25, -0.2) is 4.79 Å². The number of urea groups is 1. The number of carbonyl (C=O) groups is 2. The molecule has 1 rings (SSSR count). The smallest absolute Gasteiger partial charge is 0.317 e. The van der Waals surface area contributed by atoms with Crippen molar-refractivity contribution < 1.29 is 24.5 Å². The van der Waals surface area contributed by atoms with E-state index in [1.807, 2.05) is 0 Å². The first-order valence-corrected chi connectivity index (χ1v) is 6.83. The van der Waals surface area contributed by atoms with Crippen LogP contribution in [0.2, 0.25) is 0 Å². The molecule has 1 aliphatic heterocycles. The summed E-state index contributed by atoms with van der Waals surface area (Å²) in [5, 5.41) is 21.6. The molecule has 1 fully saturated rings. The largest absolute Gasteiger partial charge is 0.481 e. The number of ether oxygens (including phenoxy) is 1. The van der Waals surface area contributed by atoms with Crippen molar-refractivity contribution >= 4 is 12.0 Å². The molecule has 7 heteroatoms. The normalized spacial score (nSPS) is 19.1. The molecule has 1 unspecified atom stereocenters. The number of carbonyl (C=O) groups excluding carboxylic acids is 1. The predicted octanol–water partition coefficient (Wildman–Crippen LogP) is 0.280. The number of carboxylic acids is 1. The lowest BCUT2D eigenvalue weighted by atomic mass is 9.94. The molecule has 0 radical (unpaired) electrons. The maximum Gasteiger partial charge on any atom is 0.317 e.